The van der Waals surface area contributed by atoms with Gasteiger partial charge in [0.05, 0.1) is 21.3 Å². The van der Waals surface area contributed by atoms with Crippen LogP contribution in [0, 0.1) is 5.82 Å². The Morgan fingerprint density at radius 2 is 1.58 bits per heavy atom. The fraction of sp³-hybridized carbons (Fsp3) is 0.350. The number of methoxy groups -OCH3 is 3. The second-order valence-corrected chi connectivity index (χ2v) is 5.75. The van der Waals surface area contributed by atoms with E-state index in [2.05, 4.69) is 5.32 Å². The molecule has 26 heavy (non-hydrogen) atoms. The molecule has 5 nitrogen and oxygen atoms in total. The molecule has 2 aromatic carbocycles. The van der Waals surface area contributed by atoms with Crippen molar-refractivity contribution in [1.82, 2.24) is 5.32 Å². The smallest absolute Gasteiger partial charge is 0.251 e. The minimum absolute atomic E-state index is 0.203. The number of benzene rings is 2. The van der Waals surface area contributed by atoms with Crippen molar-refractivity contribution >= 4 is 5.91 Å². The van der Waals surface area contributed by atoms with E-state index in [9.17, 15) is 9.18 Å². The molecule has 0 fully saturated rings. The average Bonchev–Trinajstić information content (AvgIpc) is 2.67. The van der Waals surface area contributed by atoms with E-state index in [1.54, 1.807) is 24.3 Å². The van der Waals surface area contributed by atoms with E-state index in [-0.39, 0.29) is 11.7 Å². The molecule has 0 aliphatic heterocycles. The van der Waals surface area contributed by atoms with Gasteiger partial charge < -0.3 is 19.5 Å². The number of hydrogen-bond acceptors (Lipinski definition) is 4. The Kier molecular flexibility index (Phi) is 7.26. The lowest BCUT2D eigenvalue weighted by molar-refractivity contribution is 0.0952. The molecule has 0 spiro atoms. The van der Waals surface area contributed by atoms with Crippen LogP contribution in [0.15, 0.2) is 36.4 Å². The fourth-order valence-electron chi connectivity index (χ4n) is 2.62. The molecular formula is C20H24FNO4. The van der Waals surface area contributed by atoms with Crippen LogP contribution >= 0.6 is 0 Å². The van der Waals surface area contributed by atoms with E-state index >= 15 is 0 Å². The van der Waals surface area contributed by atoms with Crippen LogP contribution in [0.3, 0.4) is 0 Å². The Bertz CT molecular complexity index is 706. The molecular weight excluding hydrogens is 337 g/mol. The van der Waals surface area contributed by atoms with E-state index < -0.39 is 0 Å². The van der Waals surface area contributed by atoms with Crippen molar-refractivity contribution in [2.24, 2.45) is 0 Å². The van der Waals surface area contributed by atoms with Crippen LogP contribution < -0.4 is 19.5 Å². The van der Waals surface area contributed by atoms with Crippen LogP contribution in [-0.2, 0) is 6.42 Å². The molecule has 140 valence electrons. The highest BCUT2D eigenvalue weighted by Gasteiger charge is 2.16. The number of aryl methyl sites for hydroxylation is 1. The summed E-state index contributed by atoms with van der Waals surface area (Å²) in [6, 6.07) is 9.72. The molecule has 2 rings (SSSR count). The van der Waals surface area contributed by atoms with Crippen molar-refractivity contribution in [2.75, 3.05) is 27.9 Å². The van der Waals surface area contributed by atoms with E-state index in [4.69, 9.17) is 14.2 Å². The van der Waals surface area contributed by atoms with Gasteiger partial charge in [0.25, 0.3) is 5.91 Å². The molecule has 0 aromatic heterocycles. The Balaban J connectivity index is 1.86. The zero-order chi connectivity index (χ0) is 18.9. The number of amides is 1. The second kappa shape index (κ2) is 9.65. The third kappa shape index (κ3) is 5.12. The van der Waals surface area contributed by atoms with Gasteiger partial charge in [-0.2, -0.15) is 0 Å². The predicted molar refractivity (Wildman–Crippen MR) is 97.8 cm³/mol. The highest BCUT2D eigenvalue weighted by molar-refractivity contribution is 5.95. The normalized spacial score (nSPS) is 10.3. The highest BCUT2D eigenvalue weighted by Crippen LogP contribution is 2.38. The number of unbranched alkanes of at least 4 members (excludes halogenated alkanes) is 1. The minimum Gasteiger partial charge on any atom is -0.493 e. The van der Waals surface area contributed by atoms with Gasteiger partial charge in [-0.3, -0.25) is 4.79 Å². The van der Waals surface area contributed by atoms with Gasteiger partial charge in [-0.15, -0.1) is 0 Å². The summed E-state index contributed by atoms with van der Waals surface area (Å²) in [4.78, 5) is 12.3. The zero-order valence-corrected chi connectivity index (χ0v) is 15.3. The van der Waals surface area contributed by atoms with Crippen molar-refractivity contribution in [3.63, 3.8) is 0 Å². The van der Waals surface area contributed by atoms with E-state index in [0.29, 0.717) is 29.4 Å². The van der Waals surface area contributed by atoms with Crippen molar-refractivity contribution in [3.8, 4) is 17.2 Å². The SMILES string of the molecule is COc1cc(C(=O)NCCCCc2ccc(F)cc2)cc(OC)c1OC. The summed E-state index contributed by atoms with van der Waals surface area (Å²) < 4.78 is 28.6. The van der Waals surface area contributed by atoms with Gasteiger partial charge in [0.1, 0.15) is 5.82 Å². The van der Waals surface area contributed by atoms with Gasteiger partial charge in [0.2, 0.25) is 5.75 Å². The first-order valence-electron chi connectivity index (χ1n) is 8.41. The molecule has 0 saturated heterocycles. The molecule has 0 unspecified atom stereocenters. The molecule has 0 radical (unpaired) electrons. The lowest BCUT2D eigenvalue weighted by Gasteiger charge is -2.14. The molecule has 1 N–H and O–H groups in total. The van der Waals surface area contributed by atoms with Crippen molar-refractivity contribution < 1.29 is 23.4 Å². The fourth-order valence-corrected chi connectivity index (χ4v) is 2.62. The first-order valence-corrected chi connectivity index (χ1v) is 8.41. The standard InChI is InChI=1S/C20H24FNO4/c1-24-17-12-15(13-18(25-2)19(17)26-3)20(23)22-11-5-4-6-14-7-9-16(21)10-8-14/h7-10,12-13H,4-6,11H2,1-3H3,(H,22,23). The maximum absolute atomic E-state index is 12.9. The van der Waals surface area contributed by atoms with Crippen LogP contribution in [-0.4, -0.2) is 33.8 Å². The maximum Gasteiger partial charge on any atom is 0.251 e. The molecule has 0 aliphatic carbocycles. The number of carbonyl (C=O) groups is 1. The molecule has 0 bridgehead atoms. The number of hydrogen-bond donors (Lipinski definition) is 1. The molecule has 1 amide bonds. The first-order chi connectivity index (χ1) is 12.6. The maximum atomic E-state index is 12.9. The Labute approximate surface area is 153 Å². The van der Waals surface area contributed by atoms with E-state index in [1.165, 1.54) is 33.5 Å². The van der Waals surface area contributed by atoms with Crippen LogP contribution in [0.25, 0.3) is 0 Å². The summed E-state index contributed by atoms with van der Waals surface area (Å²) in [6.45, 7) is 0.552. The largest absolute Gasteiger partial charge is 0.493 e. The number of ether oxygens (including phenoxy) is 3. The first kappa shape index (κ1) is 19.6. The van der Waals surface area contributed by atoms with E-state index in [0.717, 1.165) is 24.8 Å². The predicted octanol–water partition coefficient (Wildman–Crippen LogP) is 3.60. The summed E-state index contributed by atoms with van der Waals surface area (Å²) in [5, 5.41) is 2.88. The monoisotopic (exact) mass is 361 g/mol. The van der Waals surface area contributed by atoms with Gasteiger partial charge in [-0.1, -0.05) is 12.1 Å². The summed E-state index contributed by atoms with van der Waals surface area (Å²) in [5.74, 6) is 0.893. The third-order valence-corrected chi connectivity index (χ3v) is 4.02. The Hall–Kier alpha value is -2.76. The van der Waals surface area contributed by atoms with Gasteiger partial charge in [0, 0.05) is 12.1 Å². The molecule has 0 heterocycles. The van der Waals surface area contributed by atoms with Gasteiger partial charge >= 0.3 is 0 Å². The van der Waals surface area contributed by atoms with Crippen LogP contribution in [0.2, 0.25) is 0 Å². The number of carbonyl (C=O) groups excluding carboxylic acids is 1. The summed E-state index contributed by atoms with van der Waals surface area (Å²) in [7, 11) is 4.53. The topological polar surface area (TPSA) is 56.8 Å². The third-order valence-electron chi connectivity index (χ3n) is 4.02. The number of rotatable bonds is 9. The van der Waals surface area contributed by atoms with Crippen LogP contribution in [0.5, 0.6) is 17.2 Å². The van der Waals surface area contributed by atoms with Crippen molar-refractivity contribution in [2.45, 2.75) is 19.3 Å². The van der Waals surface area contributed by atoms with Crippen LogP contribution in [0.4, 0.5) is 4.39 Å². The number of nitrogens with one attached hydrogen (secondary N) is 1. The number of halogens is 1. The Morgan fingerprint density at radius 3 is 2.12 bits per heavy atom. The average molecular weight is 361 g/mol. The zero-order valence-electron chi connectivity index (χ0n) is 15.3. The summed E-state index contributed by atoms with van der Waals surface area (Å²) in [6.07, 6.45) is 2.58. The second-order valence-electron chi connectivity index (χ2n) is 5.75. The molecule has 6 heteroatoms. The van der Waals surface area contributed by atoms with Crippen LogP contribution in [0.1, 0.15) is 28.8 Å². The van der Waals surface area contributed by atoms with E-state index in [1.807, 2.05) is 0 Å². The van der Waals surface area contributed by atoms with Gasteiger partial charge in [-0.25, -0.2) is 4.39 Å². The van der Waals surface area contributed by atoms with Gasteiger partial charge in [0.15, 0.2) is 11.5 Å². The lowest BCUT2D eigenvalue weighted by atomic mass is 10.1. The van der Waals surface area contributed by atoms with Crippen molar-refractivity contribution in [3.05, 3.63) is 53.3 Å². The molecule has 0 atom stereocenters. The Morgan fingerprint density at radius 1 is 0.962 bits per heavy atom. The van der Waals surface area contributed by atoms with Crippen molar-refractivity contribution in [1.29, 1.82) is 0 Å². The summed E-state index contributed by atoms with van der Waals surface area (Å²) in [5.41, 5.74) is 1.53. The summed E-state index contributed by atoms with van der Waals surface area (Å²) >= 11 is 0. The molecule has 0 aliphatic rings. The molecule has 2 aromatic rings. The molecule has 0 saturated carbocycles. The van der Waals surface area contributed by atoms with Gasteiger partial charge in [-0.05, 0) is 49.1 Å². The lowest BCUT2D eigenvalue weighted by Crippen LogP contribution is -2.24. The highest BCUT2D eigenvalue weighted by atomic mass is 19.1. The quantitative estimate of drug-likeness (QED) is 0.694. The minimum atomic E-state index is -0.230.